The first-order valence-electron chi connectivity index (χ1n) is 11.2. The molecule has 0 saturated carbocycles. The molecule has 0 heterocycles. The van der Waals surface area contributed by atoms with Crippen LogP contribution in [0.15, 0.2) is 76.5 Å². The standard InChI is InChI=1S/C25H28ClN3O6S2/c1-18-9-10-20(36(31,32)27-2)16-23(18)28-25(30)17-29(14-13-19-7-5-4-6-8-19)37(33,34)21-11-12-24(35-3)22(26)15-21/h4-12,15-16,27H,13-14,17H2,1-3H3,(H,28,30). The SMILES string of the molecule is CNS(=O)(=O)c1ccc(C)c(NC(=O)CN(CCc2ccccc2)S(=O)(=O)c2ccc(OC)c(Cl)c2)c1. The molecule has 2 N–H and O–H groups in total. The molecule has 0 spiro atoms. The highest BCUT2D eigenvalue weighted by Gasteiger charge is 2.28. The lowest BCUT2D eigenvalue weighted by Gasteiger charge is -2.22. The van der Waals surface area contributed by atoms with Crippen LogP contribution in [0.4, 0.5) is 5.69 Å². The molecule has 0 saturated heterocycles. The number of methoxy groups -OCH3 is 1. The summed E-state index contributed by atoms with van der Waals surface area (Å²) in [5, 5.41) is 2.76. The van der Waals surface area contributed by atoms with E-state index in [2.05, 4.69) is 10.0 Å². The molecule has 1 amide bonds. The lowest BCUT2D eigenvalue weighted by atomic mass is 10.1. The number of sulfonamides is 2. The Morgan fingerprint density at radius 1 is 0.973 bits per heavy atom. The number of aryl methyl sites for hydroxylation is 1. The van der Waals surface area contributed by atoms with Crippen molar-refractivity contribution in [1.82, 2.24) is 9.03 Å². The van der Waals surface area contributed by atoms with Gasteiger partial charge in [-0.25, -0.2) is 21.6 Å². The maximum absolute atomic E-state index is 13.5. The normalized spacial score (nSPS) is 11.9. The van der Waals surface area contributed by atoms with Gasteiger partial charge in [-0.3, -0.25) is 4.79 Å². The predicted octanol–water partition coefficient (Wildman–Crippen LogP) is 3.44. The molecule has 0 aliphatic heterocycles. The second-order valence-electron chi connectivity index (χ2n) is 8.10. The molecule has 37 heavy (non-hydrogen) atoms. The fourth-order valence-electron chi connectivity index (χ4n) is 3.51. The van der Waals surface area contributed by atoms with Gasteiger partial charge < -0.3 is 10.1 Å². The Bertz CT molecular complexity index is 1480. The van der Waals surface area contributed by atoms with Gasteiger partial charge >= 0.3 is 0 Å². The first-order chi connectivity index (χ1) is 17.5. The number of amides is 1. The summed E-state index contributed by atoms with van der Waals surface area (Å²) in [6, 6.07) is 17.7. The first-order valence-corrected chi connectivity index (χ1v) is 14.5. The zero-order valence-corrected chi connectivity index (χ0v) is 23.0. The van der Waals surface area contributed by atoms with Crippen LogP contribution in [-0.4, -0.2) is 54.3 Å². The van der Waals surface area contributed by atoms with Crippen LogP contribution in [0.5, 0.6) is 5.75 Å². The van der Waals surface area contributed by atoms with Crippen molar-refractivity contribution in [3.05, 3.63) is 82.9 Å². The van der Waals surface area contributed by atoms with Crippen molar-refractivity contribution in [2.45, 2.75) is 23.1 Å². The Kier molecular flexibility index (Phi) is 9.32. The largest absolute Gasteiger partial charge is 0.495 e. The molecule has 198 valence electrons. The summed E-state index contributed by atoms with van der Waals surface area (Å²) in [6.07, 6.45) is 0.367. The lowest BCUT2D eigenvalue weighted by molar-refractivity contribution is -0.116. The number of halogens is 1. The van der Waals surface area contributed by atoms with Crippen molar-refractivity contribution < 1.29 is 26.4 Å². The summed E-state index contributed by atoms with van der Waals surface area (Å²) in [4.78, 5) is 12.9. The minimum Gasteiger partial charge on any atom is -0.495 e. The van der Waals surface area contributed by atoms with Crippen molar-refractivity contribution in [2.24, 2.45) is 0 Å². The van der Waals surface area contributed by atoms with Crippen LogP contribution < -0.4 is 14.8 Å². The minimum atomic E-state index is -4.12. The van der Waals surface area contributed by atoms with Crippen LogP contribution in [0.3, 0.4) is 0 Å². The second kappa shape index (κ2) is 12.1. The highest BCUT2D eigenvalue weighted by molar-refractivity contribution is 7.89. The smallest absolute Gasteiger partial charge is 0.243 e. The quantitative estimate of drug-likeness (QED) is 0.367. The zero-order chi connectivity index (χ0) is 27.2. The van der Waals surface area contributed by atoms with Gasteiger partial charge in [-0.15, -0.1) is 0 Å². The molecule has 9 nitrogen and oxygen atoms in total. The maximum atomic E-state index is 13.5. The van der Waals surface area contributed by atoms with Crippen molar-refractivity contribution in [2.75, 3.05) is 32.6 Å². The monoisotopic (exact) mass is 565 g/mol. The van der Waals surface area contributed by atoms with Gasteiger partial charge in [-0.1, -0.05) is 48.0 Å². The predicted molar refractivity (Wildman–Crippen MR) is 143 cm³/mol. The van der Waals surface area contributed by atoms with E-state index in [0.29, 0.717) is 17.7 Å². The van der Waals surface area contributed by atoms with E-state index >= 15 is 0 Å². The summed E-state index contributed by atoms with van der Waals surface area (Å²) < 4.78 is 59.8. The van der Waals surface area contributed by atoms with Crippen LogP contribution >= 0.6 is 11.6 Å². The number of hydrogen-bond donors (Lipinski definition) is 2. The Hall–Kier alpha value is -2.96. The molecule has 3 aromatic carbocycles. The number of benzene rings is 3. The Balaban J connectivity index is 1.90. The molecule has 12 heteroatoms. The Morgan fingerprint density at radius 3 is 2.27 bits per heavy atom. The van der Waals surface area contributed by atoms with Crippen molar-refractivity contribution >= 4 is 43.2 Å². The number of nitrogens with zero attached hydrogens (tertiary/aromatic N) is 1. The molecule has 0 atom stereocenters. The van der Waals surface area contributed by atoms with E-state index in [1.807, 2.05) is 30.3 Å². The lowest BCUT2D eigenvalue weighted by Crippen LogP contribution is -2.39. The van der Waals surface area contributed by atoms with Crippen LogP contribution in [0.25, 0.3) is 0 Å². The van der Waals surface area contributed by atoms with E-state index in [9.17, 15) is 21.6 Å². The summed E-state index contributed by atoms with van der Waals surface area (Å²) >= 11 is 6.17. The number of rotatable bonds is 11. The Morgan fingerprint density at radius 2 is 1.65 bits per heavy atom. The number of hydrogen-bond acceptors (Lipinski definition) is 6. The van der Waals surface area contributed by atoms with Gasteiger partial charge in [0.25, 0.3) is 0 Å². The molecule has 0 radical (unpaired) electrons. The van der Waals surface area contributed by atoms with E-state index < -0.39 is 32.5 Å². The van der Waals surface area contributed by atoms with E-state index in [-0.39, 0.29) is 27.0 Å². The maximum Gasteiger partial charge on any atom is 0.243 e. The molecule has 3 aromatic rings. The number of nitrogens with one attached hydrogen (secondary N) is 2. The van der Waals surface area contributed by atoms with Crippen molar-refractivity contribution in [3.63, 3.8) is 0 Å². The van der Waals surface area contributed by atoms with Crippen LogP contribution in [0, 0.1) is 6.92 Å². The highest BCUT2D eigenvalue weighted by Crippen LogP contribution is 2.29. The van der Waals surface area contributed by atoms with Gasteiger partial charge in [0.15, 0.2) is 0 Å². The molecule has 3 rings (SSSR count). The summed E-state index contributed by atoms with van der Waals surface area (Å²) in [5.74, 6) is -0.306. The fourth-order valence-corrected chi connectivity index (χ4v) is 6.01. The minimum absolute atomic E-state index is 0.0244. The molecule has 0 aromatic heterocycles. The summed E-state index contributed by atoms with van der Waals surface area (Å²) in [7, 11) is -5.15. The first kappa shape index (κ1) is 28.6. The summed E-state index contributed by atoms with van der Waals surface area (Å²) in [6.45, 7) is 1.23. The van der Waals surface area contributed by atoms with Gasteiger partial charge in [-0.2, -0.15) is 4.31 Å². The van der Waals surface area contributed by atoms with Gasteiger partial charge in [0.2, 0.25) is 26.0 Å². The molecule has 0 bridgehead atoms. The van der Waals surface area contributed by atoms with Crippen molar-refractivity contribution in [1.29, 1.82) is 0 Å². The average Bonchev–Trinajstić information content (AvgIpc) is 2.88. The van der Waals surface area contributed by atoms with Gasteiger partial charge in [0.1, 0.15) is 5.75 Å². The summed E-state index contributed by atoms with van der Waals surface area (Å²) in [5.41, 5.74) is 1.77. The topological polar surface area (TPSA) is 122 Å². The van der Waals surface area contributed by atoms with E-state index in [0.717, 1.165) is 9.87 Å². The Labute approximate surface area is 222 Å². The number of carbonyl (C=O) groups excluding carboxylic acids is 1. The van der Waals surface area contributed by atoms with Crippen molar-refractivity contribution in [3.8, 4) is 5.75 Å². The fraction of sp³-hybridized carbons (Fsp3) is 0.240. The van der Waals surface area contributed by atoms with Gasteiger partial charge in [0.05, 0.1) is 28.5 Å². The zero-order valence-electron chi connectivity index (χ0n) is 20.6. The van der Waals surface area contributed by atoms with Crippen LogP contribution in [0.1, 0.15) is 11.1 Å². The molecule has 0 unspecified atom stereocenters. The van der Waals surface area contributed by atoms with E-state index in [1.165, 1.54) is 44.5 Å². The van der Waals surface area contributed by atoms with Crippen LogP contribution in [-0.2, 0) is 31.3 Å². The average molecular weight is 566 g/mol. The van der Waals surface area contributed by atoms with E-state index in [4.69, 9.17) is 16.3 Å². The third-order valence-corrected chi connectivity index (χ3v) is 9.18. The third-order valence-electron chi connectivity index (χ3n) is 5.64. The third kappa shape index (κ3) is 7.08. The van der Waals surface area contributed by atoms with Gasteiger partial charge in [-0.05, 0) is 61.9 Å². The molecular weight excluding hydrogens is 538 g/mol. The molecule has 0 aliphatic carbocycles. The number of ether oxygens (including phenoxy) is 1. The highest BCUT2D eigenvalue weighted by atomic mass is 35.5. The van der Waals surface area contributed by atoms with Crippen LogP contribution in [0.2, 0.25) is 5.02 Å². The number of carbonyl (C=O) groups is 1. The van der Waals surface area contributed by atoms with Gasteiger partial charge in [0, 0.05) is 12.2 Å². The molecular formula is C25H28ClN3O6S2. The van der Waals surface area contributed by atoms with E-state index in [1.54, 1.807) is 13.0 Å². The molecule has 0 fully saturated rings. The second-order valence-corrected chi connectivity index (χ2v) is 12.3. The molecule has 0 aliphatic rings. The number of anilines is 1.